The van der Waals surface area contributed by atoms with Crippen molar-refractivity contribution in [3.63, 3.8) is 0 Å². The number of hydrogen-bond acceptors (Lipinski definition) is 6. The number of carbonyl (C=O) groups is 1. The van der Waals surface area contributed by atoms with Gasteiger partial charge in [0, 0.05) is 16.8 Å². The van der Waals surface area contributed by atoms with Crippen LogP contribution in [0.3, 0.4) is 0 Å². The average molecular weight is 437 g/mol. The summed E-state index contributed by atoms with van der Waals surface area (Å²) in [6, 6.07) is 12.8. The molecule has 0 spiro atoms. The average Bonchev–Trinajstić information content (AvgIpc) is 2.78. The van der Waals surface area contributed by atoms with E-state index in [0.29, 0.717) is 23.7 Å². The van der Waals surface area contributed by atoms with Crippen molar-refractivity contribution in [3.05, 3.63) is 54.4 Å². The molecule has 0 amide bonds. The highest BCUT2D eigenvalue weighted by atomic mass is 32.2. The lowest BCUT2D eigenvalue weighted by Gasteiger charge is -2.13. The summed E-state index contributed by atoms with van der Waals surface area (Å²) < 4.78 is 18.4. The number of pyridine rings is 1. The number of benzene rings is 1. The zero-order valence-electron chi connectivity index (χ0n) is 17.4. The Balaban J connectivity index is 0.00000218. The summed E-state index contributed by atoms with van der Waals surface area (Å²) in [5, 5.41) is 15.1. The molecular formula is C22H32N2O5S. The Morgan fingerprint density at radius 1 is 1.10 bits per heavy atom. The summed E-state index contributed by atoms with van der Waals surface area (Å²) in [4.78, 5) is 16.3. The van der Waals surface area contributed by atoms with Crippen molar-refractivity contribution in [1.82, 2.24) is 4.98 Å². The number of aryl methyl sites for hydroxylation is 1. The van der Waals surface area contributed by atoms with Crippen LogP contribution in [0.4, 0.5) is 0 Å². The topological polar surface area (TPSA) is 123 Å². The van der Waals surface area contributed by atoms with E-state index in [9.17, 15) is 14.1 Å². The van der Waals surface area contributed by atoms with Gasteiger partial charge < -0.3 is 15.1 Å². The van der Waals surface area contributed by atoms with Gasteiger partial charge in [0.05, 0.1) is 17.4 Å². The van der Waals surface area contributed by atoms with E-state index in [4.69, 9.17) is 9.94 Å². The van der Waals surface area contributed by atoms with E-state index in [1.807, 2.05) is 18.2 Å². The largest absolute Gasteiger partial charge is 0.494 e. The molecular weight excluding hydrogens is 404 g/mol. The summed E-state index contributed by atoms with van der Waals surface area (Å²) in [5.41, 5.74) is 1.04. The van der Waals surface area contributed by atoms with E-state index in [-0.39, 0.29) is 0 Å². The van der Waals surface area contributed by atoms with Crippen molar-refractivity contribution in [2.45, 2.75) is 62.0 Å². The van der Waals surface area contributed by atoms with Crippen molar-refractivity contribution in [2.24, 2.45) is 5.90 Å². The van der Waals surface area contributed by atoms with Crippen LogP contribution in [0.15, 0.2) is 53.6 Å². The molecule has 0 radical (unpaired) electrons. The summed E-state index contributed by atoms with van der Waals surface area (Å²) in [7, 11) is -1.56. The summed E-state index contributed by atoms with van der Waals surface area (Å²) in [5.74, 6) is 3.20. The van der Waals surface area contributed by atoms with Crippen LogP contribution in [-0.2, 0) is 22.0 Å². The summed E-state index contributed by atoms with van der Waals surface area (Å²) >= 11 is 0. The SMILES string of the molecule is CCCCCCC(C(=O)O)S(=O)c1ccc(OCCCc2ccccn2)cc1.NO. The minimum atomic E-state index is -1.56. The molecule has 30 heavy (non-hydrogen) atoms. The first kappa shape index (κ1) is 25.7. The molecule has 0 saturated heterocycles. The van der Waals surface area contributed by atoms with Crippen LogP contribution >= 0.6 is 0 Å². The second-order valence-corrected chi connectivity index (χ2v) is 8.35. The fourth-order valence-corrected chi connectivity index (χ4v) is 4.20. The zero-order chi connectivity index (χ0) is 22.2. The zero-order valence-corrected chi connectivity index (χ0v) is 18.2. The maximum absolute atomic E-state index is 12.7. The molecule has 2 atom stereocenters. The quantitative estimate of drug-likeness (QED) is 0.321. The lowest BCUT2D eigenvalue weighted by Crippen LogP contribution is -2.25. The predicted molar refractivity (Wildman–Crippen MR) is 117 cm³/mol. The van der Waals surface area contributed by atoms with Crippen molar-refractivity contribution >= 4 is 16.8 Å². The van der Waals surface area contributed by atoms with Crippen molar-refractivity contribution in [2.75, 3.05) is 6.61 Å². The lowest BCUT2D eigenvalue weighted by atomic mass is 10.1. The summed E-state index contributed by atoms with van der Waals surface area (Å²) in [6.45, 7) is 2.67. The molecule has 1 heterocycles. The number of nitrogens with zero attached hydrogens (tertiary/aromatic N) is 1. The van der Waals surface area contributed by atoms with Crippen LogP contribution in [-0.4, -0.2) is 37.3 Å². The molecule has 2 rings (SSSR count). The van der Waals surface area contributed by atoms with Gasteiger partial charge in [-0.05, 0) is 55.7 Å². The van der Waals surface area contributed by atoms with Crippen LogP contribution in [0.1, 0.15) is 51.1 Å². The van der Waals surface area contributed by atoms with Crippen molar-refractivity contribution in [3.8, 4) is 5.75 Å². The Labute approximate surface area is 180 Å². The van der Waals surface area contributed by atoms with Crippen molar-refractivity contribution in [1.29, 1.82) is 0 Å². The Hall–Kier alpha value is -2.29. The van der Waals surface area contributed by atoms with Crippen LogP contribution in [0, 0.1) is 0 Å². The normalized spacial score (nSPS) is 12.4. The second-order valence-electron chi connectivity index (χ2n) is 6.72. The molecule has 8 heteroatoms. The number of unbranched alkanes of at least 4 members (excludes halogenated alkanes) is 3. The van der Waals surface area contributed by atoms with Gasteiger partial charge in [0.2, 0.25) is 0 Å². The maximum atomic E-state index is 12.7. The van der Waals surface area contributed by atoms with E-state index in [1.54, 1.807) is 30.5 Å². The molecule has 0 bridgehead atoms. The fourth-order valence-electron chi connectivity index (χ4n) is 2.90. The number of nitrogens with two attached hydrogens (primary N) is 1. The molecule has 7 nitrogen and oxygen atoms in total. The number of hydrogen-bond donors (Lipinski definition) is 3. The third-order valence-electron chi connectivity index (χ3n) is 4.48. The number of rotatable bonds is 13. The van der Waals surface area contributed by atoms with E-state index < -0.39 is 22.0 Å². The molecule has 0 aliphatic heterocycles. The Bertz CT molecular complexity index is 741. The Morgan fingerprint density at radius 2 is 1.83 bits per heavy atom. The van der Waals surface area contributed by atoms with Gasteiger partial charge in [-0.3, -0.25) is 14.0 Å². The molecule has 0 fully saturated rings. The third-order valence-corrected chi connectivity index (χ3v) is 6.17. The smallest absolute Gasteiger partial charge is 0.319 e. The number of aliphatic carboxylic acids is 1. The first-order valence-corrected chi connectivity index (χ1v) is 11.3. The van der Waals surface area contributed by atoms with Crippen LogP contribution in [0.5, 0.6) is 5.75 Å². The molecule has 4 N–H and O–H groups in total. The molecule has 1 aromatic carbocycles. The fraction of sp³-hybridized carbons (Fsp3) is 0.455. The number of carboxylic acids is 1. The molecule has 166 valence electrons. The van der Waals surface area contributed by atoms with Gasteiger partial charge in [0.15, 0.2) is 0 Å². The third kappa shape index (κ3) is 9.47. The van der Waals surface area contributed by atoms with Crippen LogP contribution in [0.2, 0.25) is 0 Å². The molecule has 1 aromatic heterocycles. The van der Waals surface area contributed by atoms with E-state index in [2.05, 4.69) is 17.8 Å². The standard InChI is InChI=1S/C22H29NO4S.H3NO/c1-2-3-4-5-11-21(22(24)25)28(26)20-14-12-19(13-15-20)27-17-8-10-18-9-6-7-16-23-18;1-2/h6-7,9,12-16,21H,2-5,8,10-11,17H2,1H3,(H,24,25);2H,1H2. The van der Waals surface area contributed by atoms with Crippen LogP contribution < -0.4 is 10.6 Å². The first-order valence-electron chi connectivity index (χ1n) is 10.1. The first-order chi connectivity index (χ1) is 14.6. The molecule has 0 saturated carbocycles. The Morgan fingerprint density at radius 3 is 2.43 bits per heavy atom. The van der Waals surface area contributed by atoms with Crippen LogP contribution in [0.25, 0.3) is 0 Å². The highest BCUT2D eigenvalue weighted by molar-refractivity contribution is 7.86. The summed E-state index contributed by atoms with van der Waals surface area (Å²) in [6.07, 6.45) is 7.84. The van der Waals surface area contributed by atoms with E-state index in [1.165, 1.54) is 0 Å². The number of aromatic nitrogens is 1. The van der Waals surface area contributed by atoms with Gasteiger partial charge in [-0.15, -0.1) is 0 Å². The monoisotopic (exact) mass is 436 g/mol. The predicted octanol–water partition coefficient (Wildman–Crippen LogP) is 3.96. The minimum absolute atomic E-state index is 0.438. The van der Waals surface area contributed by atoms with Gasteiger partial charge in [-0.25, -0.2) is 5.90 Å². The highest BCUT2D eigenvalue weighted by Crippen LogP contribution is 2.20. The maximum Gasteiger partial charge on any atom is 0.319 e. The number of ether oxygens (including phenoxy) is 1. The minimum Gasteiger partial charge on any atom is -0.494 e. The molecule has 0 aliphatic rings. The highest BCUT2D eigenvalue weighted by Gasteiger charge is 2.25. The van der Waals surface area contributed by atoms with Crippen molar-refractivity contribution < 1.29 is 24.1 Å². The van der Waals surface area contributed by atoms with Gasteiger partial charge in [-0.1, -0.05) is 38.7 Å². The molecule has 0 aliphatic carbocycles. The lowest BCUT2D eigenvalue weighted by molar-refractivity contribution is -0.136. The molecule has 2 unspecified atom stereocenters. The van der Waals surface area contributed by atoms with E-state index in [0.717, 1.165) is 44.2 Å². The second kappa shape index (κ2) is 15.5. The Kier molecular flexibility index (Phi) is 13.3. The number of carboxylic acid groups (broad SMARTS) is 1. The molecule has 2 aromatic rings. The van der Waals surface area contributed by atoms with E-state index >= 15 is 0 Å². The van der Waals surface area contributed by atoms with Gasteiger partial charge in [0.25, 0.3) is 0 Å². The van der Waals surface area contributed by atoms with Gasteiger partial charge >= 0.3 is 5.97 Å². The van der Waals surface area contributed by atoms with Gasteiger partial charge in [0.1, 0.15) is 11.0 Å². The van der Waals surface area contributed by atoms with Gasteiger partial charge in [-0.2, -0.15) is 0 Å².